The summed E-state index contributed by atoms with van der Waals surface area (Å²) in [5.41, 5.74) is 0.585. The van der Waals surface area contributed by atoms with Crippen LogP contribution in [0.3, 0.4) is 0 Å². The van der Waals surface area contributed by atoms with E-state index in [1.54, 1.807) is 17.4 Å². The van der Waals surface area contributed by atoms with Gasteiger partial charge in [0.05, 0.1) is 6.54 Å². The van der Waals surface area contributed by atoms with Crippen molar-refractivity contribution in [2.75, 3.05) is 6.54 Å². The van der Waals surface area contributed by atoms with E-state index in [1.165, 1.54) is 4.88 Å². The maximum Gasteiger partial charge on any atom is 0.268 e. The van der Waals surface area contributed by atoms with Gasteiger partial charge in [-0.25, -0.2) is 0 Å². The van der Waals surface area contributed by atoms with E-state index >= 15 is 0 Å². The van der Waals surface area contributed by atoms with Crippen molar-refractivity contribution in [2.24, 2.45) is 0 Å². The number of piperidine rings is 1. The molecule has 0 aromatic carbocycles. The Bertz CT molecular complexity index is 633. The van der Waals surface area contributed by atoms with Crippen molar-refractivity contribution < 1.29 is 9.59 Å². The lowest BCUT2D eigenvalue weighted by molar-refractivity contribution is -0.124. The van der Waals surface area contributed by atoms with Gasteiger partial charge in [-0.3, -0.25) is 9.59 Å². The van der Waals surface area contributed by atoms with Gasteiger partial charge in [0.1, 0.15) is 11.7 Å². The van der Waals surface area contributed by atoms with Gasteiger partial charge in [-0.15, -0.1) is 11.3 Å². The van der Waals surface area contributed by atoms with Crippen LogP contribution in [0.15, 0.2) is 35.8 Å². The van der Waals surface area contributed by atoms with E-state index in [0.29, 0.717) is 25.2 Å². The third kappa shape index (κ3) is 3.16. The molecule has 1 fully saturated rings. The molecular weight excluding hydrogens is 286 g/mol. The fraction of sp³-hybridized carbons (Fsp3) is 0.333. The maximum absolute atomic E-state index is 12.4. The van der Waals surface area contributed by atoms with E-state index in [2.05, 4.69) is 10.6 Å². The molecule has 0 aliphatic carbocycles. The minimum absolute atomic E-state index is 0.0917. The largest absolute Gasteiger partial charge is 0.354 e. The first kappa shape index (κ1) is 13.9. The zero-order valence-corrected chi connectivity index (χ0v) is 12.4. The first-order chi connectivity index (χ1) is 10.2. The molecule has 2 aromatic heterocycles. The van der Waals surface area contributed by atoms with E-state index in [0.717, 1.165) is 6.42 Å². The lowest BCUT2D eigenvalue weighted by atomic mass is 10.1. The Morgan fingerprint density at radius 1 is 1.43 bits per heavy atom. The molecule has 1 aliphatic heterocycles. The lowest BCUT2D eigenvalue weighted by Gasteiger charge is -2.23. The van der Waals surface area contributed by atoms with E-state index in [4.69, 9.17) is 0 Å². The average Bonchev–Trinajstić information content (AvgIpc) is 3.13. The van der Waals surface area contributed by atoms with Crippen molar-refractivity contribution in [3.8, 4) is 0 Å². The van der Waals surface area contributed by atoms with Crippen LogP contribution in [0.25, 0.3) is 0 Å². The van der Waals surface area contributed by atoms with Crippen LogP contribution in [0.2, 0.25) is 0 Å². The summed E-state index contributed by atoms with van der Waals surface area (Å²) < 4.78 is 1.90. The Morgan fingerprint density at radius 3 is 3.10 bits per heavy atom. The molecule has 0 spiro atoms. The highest BCUT2D eigenvalue weighted by atomic mass is 32.1. The zero-order chi connectivity index (χ0) is 14.7. The number of carbonyl (C=O) groups is 2. The van der Waals surface area contributed by atoms with Gasteiger partial charge >= 0.3 is 0 Å². The van der Waals surface area contributed by atoms with Gasteiger partial charge in [0, 0.05) is 17.6 Å². The monoisotopic (exact) mass is 303 g/mol. The second kappa shape index (κ2) is 6.13. The Kier molecular flexibility index (Phi) is 4.06. The predicted octanol–water partition coefficient (Wildman–Crippen LogP) is 1.61. The molecule has 1 atom stereocenters. The van der Waals surface area contributed by atoms with Gasteiger partial charge in [0.15, 0.2) is 0 Å². The van der Waals surface area contributed by atoms with Crippen molar-refractivity contribution in [1.82, 2.24) is 15.2 Å². The van der Waals surface area contributed by atoms with Gasteiger partial charge in [-0.2, -0.15) is 0 Å². The predicted molar refractivity (Wildman–Crippen MR) is 81.4 cm³/mol. The number of carbonyl (C=O) groups excluding carboxylic acids is 2. The minimum Gasteiger partial charge on any atom is -0.354 e. The van der Waals surface area contributed by atoms with E-state index < -0.39 is 6.04 Å². The molecule has 2 amide bonds. The van der Waals surface area contributed by atoms with Gasteiger partial charge in [-0.05, 0) is 36.4 Å². The summed E-state index contributed by atoms with van der Waals surface area (Å²) in [6, 6.07) is 7.25. The summed E-state index contributed by atoms with van der Waals surface area (Å²) in [6.07, 6.45) is 3.48. The summed E-state index contributed by atoms with van der Waals surface area (Å²) in [4.78, 5) is 25.3. The fourth-order valence-electron chi connectivity index (χ4n) is 2.47. The second-order valence-corrected chi connectivity index (χ2v) is 6.09. The van der Waals surface area contributed by atoms with Crippen molar-refractivity contribution in [3.63, 3.8) is 0 Å². The molecule has 3 rings (SSSR count). The Hall–Kier alpha value is -2.08. The fourth-order valence-corrected chi connectivity index (χ4v) is 3.17. The number of hydrogen-bond donors (Lipinski definition) is 2. The molecule has 5 nitrogen and oxygen atoms in total. The van der Waals surface area contributed by atoms with E-state index in [9.17, 15) is 9.59 Å². The number of hydrogen-bond acceptors (Lipinski definition) is 3. The number of amides is 2. The van der Waals surface area contributed by atoms with E-state index in [-0.39, 0.29) is 11.8 Å². The second-order valence-electron chi connectivity index (χ2n) is 5.06. The van der Waals surface area contributed by atoms with Gasteiger partial charge in [0.2, 0.25) is 5.91 Å². The van der Waals surface area contributed by atoms with Crippen LogP contribution in [-0.2, 0) is 11.3 Å². The van der Waals surface area contributed by atoms with E-state index in [1.807, 2.05) is 34.3 Å². The molecule has 6 heteroatoms. The molecule has 3 heterocycles. The summed E-state index contributed by atoms with van der Waals surface area (Å²) in [5.74, 6) is -0.287. The normalized spacial score (nSPS) is 18.3. The van der Waals surface area contributed by atoms with Crippen LogP contribution >= 0.6 is 11.3 Å². The highest BCUT2D eigenvalue weighted by Crippen LogP contribution is 2.13. The first-order valence-electron chi connectivity index (χ1n) is 7.00. The molecule has 110 valence electrons. The number of rotatable bonds is 4. The number of thiophene rings is 1. The maximum atomic E-state index is 12.4. The van der Waals surface area contributed by atoms with Crippen LogP contribution in [0, 0.1) is 0 Å². The van der Waals surface area contributed by atoms with Gasteiger partial charge < -0.3 is 15.2 Å². The van der Waals surface area contributed by atoms with Crippen LogP contribution < -0.4 is 10.6 Å². The molecule has 1 saturated heterocycles. The highest BCUT2D eigenvalue weighted by molar-refractivity contribution is 7.09. The highest BCUT2D eigenvalue weighted by Gasteiger charge is 2.24. The topological polar surface area (TPSA) is 63.1 Å². The lowest BCUT2D eigenvalue weighted by Crippen LogP contribution is -2.50. The van der Waals surface area contributed by atoms with Crippen LogP contribution in [0.5, 0.6) is 0 Å². The van der Waals surface area contributed by atoms with Crippen LogP contribution in [0.4, 0.5) is 0 Å². The molecule has 0 bridgehead atoms. The Labute approximate surface area is 127 Å². The molecule has 2 aromatic rings. The smallest absolute Gasteiger partial charge is 0.268 e. The van der Waals surface area contributed by atoms with Crippen LogP contribution in [0.1, 0.15) is 28.2 Å². The quantitative estimate of drug-likeness (QED) is 0.901. The molecule has 0 saturated carbocycles. The van der Waals surface area contributed by atoms with Crippen molar-refractivity contribution in [2.45, 2.75) is 25.4 Å². The molecular formula is C15H17N3O2S. The molecule has 0 unspecified atom stereocenters. The third-order valence-electron chi connectivity index (χ3n) is 3.56. The Balaban J connectivity index is 1.70. The summed E-state index contributed by atoms with van der Waals surface area (Å²) in [7, 11) is 0. The molecule has 1 aliphatic rings. The minimum atomic E-state index is -0.420. The molecule has 0 radical (unpaired) electrons. The number of nitrogens with zero attached hydrogens (tertiary/aromatic N) is 1. The van der Waals surface area contributed by atoms with Gasteiger partial charge in [0.25, 0.3) is 5.91 Å². The molecule has 21 heavy (non-hydrogen) atoms. The standard InChI is InChI=1S/C15H17N3O2S/c19-14-12(5-1-7-16-14)17-15(20)13-6-2-8-18(13)10-11-4-3-9-21-11/h2-4,6,8-9,12H,1,5,7,10H2,(H,16,19)(H,17,20)/t12-/m0/s1. The SMILES string of the molecule is O=C(N[C@H]1CCCNC1=O)c1cccn1Cc1cccs1. The summed E-state index contributed by atoms with van der Waals surface area (Å²) in [5, 5.41) is 7.62. The first-order valence-corrected chi connectivity index (χ1v) is 7.88. The van der Waals surface area contributed by atoms with Gasteiger partial charge in [-0.1, -0.05) is 6.07 Å². The zero-order valence-electron chi connectivity index (χ0n) is 11.5. The van der Waals surface area contributed by atoms with Crippen LogP contribution in [-0.4, -0.2) is 29.0 Å². The third-order valence-corrected chi connectivity index (χ3v) is 4.42. The number of aromatic nitrogens is 1. The van der Waals surface area contributed by atoms with Crippen molar-refractivity contribution in [1.29, 1.82) is 0 Å². The Morgan fingerprint density at radius 2 is 2.33 bits per heavy atom. The van der Waals surface area contributed by atoms with Crippen molar-refractivity contribution >= 4 is 23.2 Å². The average molecular weight is 303 g/mol. The summed E-state index contributed by atoms with van der Waals surface area (Å²) >= 11 is 1.66. The molecule has 2 N–H and O–H groups in total. The number of nitrogens with one attached hydrogen (secondary N) is 2. The van der Waals surface area contributed by atoms with Crippen molar-refractivity contribution in [3.05, 3.63) is 46.4 Å². The summed E-state index contributed by atoms with van der Waals surface area (Å²) in [6.45, 7) is 1.37.